The van der Waals surface area contributed by atoms with E-state index in [0.29, 0.717) is 11.4 Å². The van der Waals surface area contributed by atoms with Gasteiger partial charge in [0, 0.05) is 24.8 Å². The lowest BCUT2D eigenvalue weighted by Gasteiger charge is -2.33. The van der Waals surface area contributed by atoms with Gasteiger partial charge in [-0.15, -0.1) is 0 Å². The Morgan fingerprint density at radius 1 is 1.36 bits per heavy atom. The summed E-state index contributed by atoms with van der Waals surface area (Å²) in [6.45, 7) is 7.51. The van der Waals surface area contributed by atoms with Crippen LogP contribution in [-0.2, 0) is 23.2 Å². The Morgan fingerprint density at radius 3 is 2.72 bits per heavy atom. The Labute approximate surface area is 146 Å². The number of anilines is 1. The standard InChI is InChI=1S/C18H22N4O3/c1-10-6-7-15-14(8-10)20-17(24)18(4,25-15)16(23)19-9-13-11(2)21-22(5)12(13)3/h6-8H,9H2,1-5H3,(H,19,23)(H,20,24)/t18-/m1/s1. The van der Waals surface area contributed by atoms with Gasteiger partial charge in [-0.25, -0.2) is 0 Å². The average molecular weight is 342 g/mol. The number of nitrogens with one attached hydrogen (secondary N) is 2. The van der Waals surface area contributed by atoms with E-state index in [-0.39, 0.29) is 6.54 Å². The number of carbonyl (C=O) groups is 2. The molecule has 0 saturated heterocycles. The maximum absolute atomic E-state index is 12.7. The van der Waals surface area contributed by atoms with E-state index in [9.17, 15) is 9.59 Å². The van der Waals surface area contributed by atoms with Crippen molar-refractivity contribution < 1.29 is 14.3 Å². The first-order chi connectivity index (χ1) is 11.7. The van der Waals surface area contributed by atoms with Crippen molar-refractivity contribution in [3.8, 4) is 5.75 Å². The first-order valence-electron chi connectivity index (χ1n) is 8.11. The molecule has 132 valence electrons. The number of benzene rings is 1. The van der Waals surface area contributed by atoms with Crippen LogP contribution in [0.5, 0.6) is 5.75 Å². The molecule has 2 aromatic rings. The molecule has 25 heavy (non-hydrogen) atoms. The fourth-order valence-corrected chi connectivity index (χ4v) is 2.90. The van der Waals surface area contributed by atoms with Crippen LogP contribution in [0.1, 0.15) is 29.4 Å². The molecule has 7 heteroatoms. The molecule has 3 rings (SSSR count). The lowest BCUT2D eigenvalue weighted by Crippen LogP contribution is -2.58. The molecule has 1 aliphatic heterocycles. The SMILES string of the molecule is Cc1ccc2c(c1)NC(=O)[C@@](C)(C(=O)NCc1c(C)nn(C)c1C)O2. The number of aryl methyl sites for hydroxylation is 3. The van der Waals surface area contributed by atoms with Crippen molar-refractivity contribution in [1.29, 1.82) is 0 Å². The van der Waals surface area contributed by atoms with E-state index < -0.39 is 17.4 Å². The van der Waals surface area contributed by atoms with Crippen LogP contribution in [0.4, 0.5) is 5.69 Å². The highest BCUT2D eigenvalue weighted by atomic mass is 16.5. The van der Waals surface area contributed by atoms with E-state index in [0.717, 1.165) is 22.5 Å². The van der Waals surface area contributed by atoms with Crippen LogP contribution < -0.4 is 15.4 Å². The number of fused-ring (bicyclic) bond motifs is 1. The van der Waals surface area contributed by atoms with Crippen molar-refractivity contribution in [3.05, 3.63) is 40.7 Å². The summed E-state index contributed by atoms with van der Waals surface area (Å²) in [5.41, 5.74) is 2.71. The Kier molecular flexibility index (Phi) is 4.02. The highest BCUT2D eigenvalue weighted by Crippen LogP contribution is 2.34. The predicted molar refractivity (Wildman–Crippen MR) is 93.4 cm³/mol. The number of amides is 2. The van der Waals surface area contributed by atoms with E-state index in [1.54, 1.807) is 10.7 Å². The number of nitrogens with zero attached hydrogens (tertiary/aromatic N) is 2. The minimum absolute atomic E-state index is 0.289. The van der Waals surface area contributed by atoms with Gasteiger partial charge >= 0.3 is 0 Å². The first kappa shape index (κ1) is 17.0. The topological polar surface area (TPSA) is 85.3 Å². The summed E-state index contributed by atoms with van der Waals surface area (Å²) in [5, 5.41) is 9.88. The summed E-state index contributed by atoms with van der Waals surface area (Å²) in [6, 6.07) is 5.44. The molecule has 1 atom stereocenters. The molecule has 0 spiro atoms. The van der Waals surface area contributed by atoms with Crippen LogP contribution in [0.2, 0.25) is 0 Å². The van der Waals surface area contributed by atoms with Crippen molar-refractivity contribution in [2.75, 3.05) is 5.32 Å². The molecule has 7 nitrogen and oxygen atoms in total. The van der Waals surface area contributed by atoms with Crippen molar-refractivity contribution in [2.45, 2.75) is 39.8 Å². The largest absolute Gasteiger partial charge is 0.466 e. The fraction of sp³-hybridized carbons (Fsp3) is 0.389. The van der Waals surface area contributed by atoms with Crippen LogP contribution in [-0.4, -0.2) is 27.2 Å². The molecule has 0 aliphatic carbocycles. The summed E-state index contributed by atoms with van der Waals surface area (Å²) in [4.78, 5) is 25.2. The average Bonchev–Trinajstić information content (AvgIpc) is 2.79. The van der Waals surface area contributed by atoms with Gasteiger partial charge in [-0.05, 0) is 45.4 Å². The van der Waals surface area contributed by atoms with Gasteiger partial charge in [0.05, 0.1) is 11.4 Å². The Bertz CT molecular complexity index is 871. The number of ether oxygens (including phenoxy) is 1. The van der Waals surface area contributed by atoms with Crippen molar-refractivity contribution in [2.24, 2.45) is 7.05 Å². The molecule has 0 saturated carbocycles. The van der Waals surface area contributed by atoms with Crippen LogP contribution in [0, 0.1) is 20.8 Å². The molecule has 1 aromatic heterocycles. The van der Waals surface area contributed by atoms with Crippen molar-refractivity contribution in [3.63, 3.8) is 0 Å². The Balaban J connectivity index is 1.79. The number of aromatic nitrogens is 2. The maximum Gasteiger partial charge on any atom is 0.278 e. The molecule has 2 N–H and O–H groups in total. The third kappa shape index (κ3) is 2.86. The zero-order valence-corrected chi connectivity index (χ0v) is 15.1. The molecular weight excluding hydrogens is 320 g/mol. The minimum atomic E-state index is -1.62. The summed E-state index contributed by atoms with van der Waals surface area (Å²) in [6.07, 6.45) is 0. The monoisotopic (exact) mass is 342 g/mol. The van der Waals surface area contributed by atoms with Gasteiger partial charge in [-0.1, -0.05) is 6.07 Å². The molecule has 0 bridgehead atoms. The second kappa shape index (κ2) is 5.91. The summed E-state index contributed by atoms with van der Waals surface area (Å²) in [5.74, 6) is -0.488. The molecule has 1 aliphatic rings. The van der Waals surface area contributed by atoms with Gasteiger partial charge in [0.15, 0.2) is 0 Å². The number of hydrogen-bond acceptors (Lipinski definition) is 4. The van der Waals surface area contributed by atoms with Gasteiger partial charge < -0.3 is 15.4 Å². The maximum atomic E-state index is 12.7. The molecular formula is C18H22N4O3. The zero-order valence-electron chi connectivity index (χ0n) is 15.1. The van der Waals surface area contributed by atoms with Gasteiger partial charge in [-0.3, -0.25) is 14.3 Å². The van der Waals surface area contributed by atoms with E-state index in [1.165, 1.54) is 6.92 Å². The molecule has 2 amide bonds. The van der Waals surface area contributed by atoms with E-state index in [4.69, 9.17) is 4.74 Å². The van der Waals surface area contributed by atoms with Crippen LogP contribution in [0.25, 0.3) is 0 Å². The normalized spacial score (nSPS) is 19.0. The minimum Gasteiger partial charge on any atom is -0.466 e. The van der Waals surface area contributed by atoms with Crippen molar-refractivity contribution in [1.82, 2.24) is 15.1 Å². The quantitative estimate of drug-likeness (QED) is 0.832. The molecule has 1 aromatic carbocycles. The van der Waals surface area contributed by atoms with E-state index in [2.05, 4.69) is 15.7 Å². The summed E-state index contributed by atoms with van der Waals surface area (Å²) < 4.78 is 7.52. The Hall–Kier alpha value is -2.83. The van der Waals surface area contributed by atoms with Gasteiger partial charge in [-0.2, -0.15) is 5.10 Å². The van der Waals surface area contributed by atoms with Crippen LogP contribution in [0.3, 0.4) is 0 Å². The zero-order chi connectivity index (χ0) is 18.4. The highest BCUT2D eigenvalue weighted by molar-refractivity contribution is 6.15. The smallest absolute Gasteiger partial charge is 0.278 e. The first-order valence-corrected chi connectivity index (χ1v) is 8.11. The predicted octanol–water partition coefficient (Wildman–Crippen LogP) is 1.75. The summed E-state index contributed by atoms with van der Waals surface area (Å²) >= 11 is 0. The lowest BCUT2D eigenvalue weighted by molar-refractivity contribution is -0.146. The molecule has 0 fully saturated rings. The highest BCUT2D eigenvalue weighted by Gasteiger charge is 2.47. The second-order valence-electron chi connectivity index (χ2n) is 6.54. The lowest BCUT2D eigenvalue weighted by atomic mass is 10.0. The Morgan fingerprint density at radius 2 is 2.08 bits per heavy atom. The van der Waals surface area contributed by atoms with Gasteiger partial charge in [0.25, 0.3) is 17.4 Å². The van der Waals surface area contributed by atoms with Crippen LogP contribution in [0.15, 0.2) is 18.2 Å². The van der Waals surface area contributed by atoms with E-state index >= 15 is 0 Å². The van der Waals surface area contributed by atoms with Gasteiger partial charge in [0.2, 0.25) is 0 Å². The number of rotatable bonds is 3. The molecule has 0 radical (unpaired) electrons. The molecule has 0 unspecified atom stereocenters. The van der Waals surface area contributed by atoms with Gasteiger partial charge in [0.1, 0.15) is 5.75 Å². The van der Waals surface area contributed by atoms with E-state index in [1.807, 2.05) is 40.0 Å². The third-order valence-electron chi connectivity index (χ3n) is 4.65. The fourth-order valence-electron chi connectivity index (χ4n) is 2.90. The number of hydrogen-bond donors (Lipinski definition) is 2. The van der Waals surface area contributed by atoms with Crippen molar-refractivity contribution >= 4 is 17.5 Å². The number of carbonyl (C=O) groups excluding carboxylic acids is 2. The second-order valence-corrected chi connectivity index (χ2v) is 6.54. The van der Waals surface area contributed by atoms with Crippen LogP contribution >= 0.6 is 0 Å². The summed E-state index contributed by atoms with van der Waals surface area (Å²) in [7, 11) is 1.85. The third-order valence-corrected chi connectivity index (χ3v) is 4.65. The molecule has 2 heterocycles.